The highest BCUT2D eigenvalue weighted by molar-refractivity contribution is 7.13. The van der Waals surface area contributed by atoms with Crippen molar-refractivity contribution in [2.75, 3.05) is 38.2 Å². The first-order valence-corrected chi connectivity index (χ1v) is 14.9. The molecule has 2 aromatic heterocycles. The highest BCUT2D eigenvalue weighted by Gasteiger charge is 2.27. The van der Waals surface area contributed by atoms with Crippen LogP contribution in [-0.4, -0.2) is 53.6 Å². The van der Waals surface area contributed by atoms with E-state index in [4.69, 9.17) is 9.72 Å². The van der Waals surface area contributed by atoms with E-state index in [2.05, 4.69) is 76.4 Å². The minimum atomic E-state index is 0.0955. The van der Waals surface area contributed by atoms with Crippen LogP contribution in [0.1, 0.15) is 21.6 Å². The monoisotopic (exact) mass is 562 g/mol. The molecule has 3 heterocycles. The second-order valence-electron chi connectivity index (χ2n) is 10.3. The molecule has 41 heavy (non-hydrogen) atoms. The fourth-order valence-electron chi connectivity index (χ4n) is 5.48. The van der Waals surface area contributed by atoms with Gasteiger partial charge < -0.3 is 19.1 Å². The SMILES string of the molecule is COc1ccc(CCn2c(-c3csc(-c4ccccc4)n3)cc(C(=O)N3CCN(c4ccccc4)CC3)c2C)cc1. The van der Waals surface area contributed by atoms with E-state index in [1.165, 1.54) is 11.3 Å². The van der Waals surface area contributed by atoms with Crippen molar-refractivity contribution >= 4 is 22.9 Å². The van der Waals surface area contributed by atoms with Crippen LogP contribution in [0.2, 0.25) is 0 Å². The van der Waals surface area contributed by atoms with Crippen LogP contribution < -0.4 is 9.64 Å². The Balaban J connectivity index is 1.27. The lowest BCUT2D eigenvalue weighted by atomic mass is 10.1. The van der Waals surface area contributed by atoms with Gasteiger partial charge in [0, 0.05) is 55.0 Å². The lowest BCUT2D eigenvalue weighted by Crippen LogP contribution is -2.48. The molecule has 0 aliphatic carbocycles. The predicted octanol–water partition coefficient (Wildman–Crippen LogP) is 6.80. The Labute approximate surface area is 245 Å². The maximum Gasteiger partial charge on any atom is 0.255 e. The van der Waals surface area contributed by atoms with Crippen LogP contribution >= 0.6 is 11.3 Å². The molecule has 5 aromatic rings. The number of methoxy groups -OCH3 is 1. The summed E-state index contributed by atoms with van der Waals surface area (Å²) in [6.07, 6.45) is 0.839. The number of aromatic nitrogens is 2. The van der Waals surface area contributed by atoms with Crippen LogP contribution in [0.3, 0.4) is 0 Å². The van der Waals surface area contributed by atoms with E-state index in [1.807, 2.05) is 41.3 Å². The Bertz CT molecular complexity index is 1600. The standard InChI is InChI=1S/C34H34N4O2S/c1-25-30(34(39)37-21-19-36(20-22-37)28-11-7-4-8-12-28)23-32(31-24-41-33(35-31)27-9-5-3-6-10-27)38(25)18-17-26-13-15-29(40-2)16-14-26/h3-16,23-24H,17-22H2,1-2H3. The fraction of sp³-hybridized carbons (Fsp3) is 0.235. The number of piperazine rings is 1. The second-order valence-corrected chi connectivity index (χ2v) is 11.2. The first kappa shape index (κ1) is 26.8. The maximum absolute atomic E-state index is 13.9. The number of amides is 1. The van der Waals surface area contributed by atoms with Crippen LogP contribution in [0, 0.1) is 6.92 Å². The van der Waals surface area contributed by atoms with Crippen LogP contribution in [0.15, 0.2) is 96.4 Å². The zero-order valence-electron chi connectivity index (χ0n) is 23.5. The number of carbonyl (C=O) groups is 1. The number of rotatable bonds is 8. The third-order valence-electron chi connectivity index (χ3n) is 7.86. The molecule has 0 radical (unpaired) electrons. The molecule has 1 saturated heterocycles. The third-order valence-corrected chi connectivity index (χ3v) is 8.75. The van der Waals surface area contributed by atoms with E-state index < -0.39 is 0 Å². The number of hydrogen-bond acceptors (Lipinski definition) is 5. The Kier molecular flexibility index (Phi) is 7.87. The van der Waals surface area contributed by atoms with Crippen molar-refractivity contribution in [3.8, 4) is 27.7 Å². The minimum Gasteiger partial charge on any atom is -0.497 e. The Morgan fingerprint density at radius 2 is 1.59 bits per heavy atom. The molecule has 6 rings (SSSR count). The molecular formula is C34H34N4O2S. The molecule has 0 spiro atoms. The van der Waals surface area contributed by atoms with E-state index in [0.717, 1.165) is 65.0 Å². The minimum absolute atomic E-state index is 0.0955. The molecule has 0 unspecified atom stereocenters. The summed E-state index contributed by atoms with van der Waals surface area (Å²) < 4.78 is 7.59. The van der Waals surface area contributed by atoms with Gasteiger partial charge >= 0.3 is 0 Å². The molecule has 0 saturated carbocycles. The van der Waals surface area contributed by atoms with Gasteiger partial charge in [0.1, 0.15) is 10.8 Å². The van der Waals surface area contributed by atoms with Gasteiger partial charge in [-0.25, -0.2) is 4.98 Å². The normalized spacial score (nSPS) is 13.4. The number of carbonyl (C=O) groups excluding carboxylic acids is 1. The van der Waals surface area contributed by atoms with E-state index in [9.17, 15) is 4.79 Å². The van der Waals surface area contributed by atoms with Crippen LogP contribution in [0.25, 0.3) is 22.0 Å². The van der Waals surface area contributed by atoms with E-state index >= 15 is 0 Å². The number of ether oxygens (including phenoxy) is 1. The molecule has 0 N–H and O–H groups in total. The molecule has 1 amide bonds. The average Bonchev–Trinajstić information content (AvgIpc) is 3.66. The van der Waals surface area contributed by atoms with Crippen molar-refractivity contribution in [3.63, 3.8) is 0 Å². The largest absolute Gasteiger partial charge is 0.497 e. The molecule has 3 aromatic carbocycles. The summed E-state index contributed by atoms with van der Waals surface area (Å²) in [6.45, 7) is 5.87. The molecular weight excluding hydrogens is 528 g/mol. The zero-order valence-corrected chi connectivity index (χ0v) is 24.3. The van der Waals surface area contributed by atoms with Crippen molar-refractivity contribution in [1.82, 2.24) is 14.5 Å². The molecule has 208 valence electrons. The third kappa shape index (κ3) is 5.77. The summed E-state index contributed by atoms with van der Waals surface area (Å²) in [6, 6.07) is 30.9. The first-order chi connectivity index (χ1) is 20.1. The average molecular weight is 563 g/mol. The van der Waals surface area contributed by atoms with Gasteiger partial charge in [-0.3, -0.25) is 4.79 Å². The van der Waals surface area contributed by atoms with Gasteiger partial charge in [0.2, 0.25) is 0 Å². The summed E-state index contributed by atoms with van der Waals surface area (Å²) in [5.74, 6) is 0.945. The van der Waals surface area contributed by atoms with Crippen molar-refractivity contribution in [1.29, 1.82) is 0 Å². The number of nitrogens with zero attached hydrogens (tertiary/aromatic N) is 4. The van der Waals surface area contributed by atoms with Crippen LogP contribution in [0.4, 0.5) is 5.69 Å². The molecule has 1 fully saturated rings. The summed E-state index contributed by atoms with van der Waals surface area (Å²) in [7, 11) is 1.68. The molecule has 0 bridgehead atoms. The molecule has 6 nitrogen and oxygen atoms in total. The molecule has 1 aliphatic rings. The second kappa shape index (κ2) is 12.0. The number of aryl methyl sites for hydroxylation is 1. The Morgan fingerprint density at radius 1 is 0.902 bits per heavy atom. The van der Waals surface area contributed by atoms with Gasteiger partial charge in [-0.05, 0) is 49.2 Å². The quantitative estimate of drug-likeness (QED) is 0.209. The number of para-hydroxylation sites is 1. The van der Waals surface area contributed by atoms with Gasteiger partial charge in [0.15, 0.2) is 0 Å². The summed E-state index contributed by atoms with van der Waals surface area (Å²) in [5.41, 5.74) is 7.17. The first-order valence-electron chi connectivity index (χ1n) is 14.0. The summed E-state index contributed by atoms with van der Waals surface area (Å²) >= 11 is 1.64. The summed E-state index contributed by atoms with van der Waals surface area (Å²) in [4.78, 5) is 23.2. The lowest BCUT2D eigenvalue weighted by molar-refractivity contribution is 0.0746. The smallest absolute Gasteiger partial charge is 0.255 e. The zero-order chi connectivity index (χ0) is 28.2. The van der Waals surface area contributed by atoms with Gasteiger partial charge in [-0.1, -0.05) is 60.7 Å². The predicted molar refractivity (Wildman–Crippen MR) is 167 cm³/mol. The molecule has 7 heteroatoms. The highest BCUT2D eigenvalue weighted by atomic mass is 32.1. The van der Waals surface area contributed by atoms with Crippen molar-refractivity contribution in [3.05, 3.63) is 113 Å². The number of thiazole rings is 1. The summed E-state index contributed by atoms with van der Waals surface area (Å²) in [5, 5.41) is 3.08. The van der Waals surface area contributed by atoms with E-state index in [1.54, 1.807) is 18.4 Å². The van der Waals surface area contributed by atoms with Crippen LogP contribution in [-0.2, 0) is 13.0 Å². The van der Waals surface area contributed by atoms with Crippen molar-refractivity contribution < 1.29 is 9.53 Å². The Hall–Kier alpha value is -4.36. The number of anilines is 1. The maximum atomic E-state index is 13.9. The van der Waals surface area contributed by atoms with Crippen molar-refractivity contribution in [2.45, 2.75) is 19.9 Å². The van der Waals surface area contributed by atoms with Crippen molar-refractivity contribution in [2.24, 2.45) is 0 Å². The Morgan fingerprint density at radius 3 is 2.27 bits per heavy atom. The van der Waals surface area contributed by atoms with Gasteiger partial charge in [-0.15, -0.1) is 11.3 Å². The van der Waals surface area contributed by atoms with Gasteiger partial charge in [-0.2, -0.15) is 0 Å². The fourth-order valence-corrected chi connectivity index (χ4v) is 6.30. The van der Waals surface area contributed by atoms with Gasteiger partial charge in [0.05, 0.1) is 24.1 Å². The van der Waals surface area contributed by atoms with Gasteiger partial charge in [0.25, 0.3) is 5.91 Å². The molecule has 0 atom stereocenters. The topological polar surface area (TPSA) is 50.6 Å². The number of benzene rings is 3. The number of hydrogen-bond donors (Lipinski definition) is 0. The lowest BCUT2D eigenvalue weighted by Gasteiger charge is -2.36. The molecule has 1 aliphatic heterocycles. The van der Waals surface area contributed by atoms with E-state index in [-0.39, 0.29) is 5.91 Å². The highest BCUT2D eigenvalue weighted by Crippen LogP contribution is 2.32. The van der Waals surface area contributed by atoms with Crippen LogP contribution in [0.5, 0.6) is 5.75 Å². The van der Waals surface area contributed by atoms with E-state index in [0.29, 0.717) is 13.1 Å².